The number of thiophene rings is 1. The Morgan fingerprint density at radius 3 is 2.40 bits per heavy atom. The van der Waals surface area contributed by atoms with Gasteiger partial charge in [0, 0.05) is 15.4 Å². The van der Waals surface area contributed by atoms with Crippen LogP contribution in [-0.2, 0) is 15.6 Å². The van der Waals surface area contributed by atoms with Crippen LogP contribution in [0.15, 0.2) is 75.2 Å². The molecule has 1 N–H and O–H groups in total. The van der Waals surface area contributed by atoms with Crippen LogP contribution in [0.2, 0.25) is 0 Å². The zero-order valence-corrected chi connectivity index (χ0v) is 16.4. The van der Waals surface area contributed by atoms with Crippen LogP contribution in [0.1, 0.15) is 11.1 Å². The smallest absolute Gasteiger partial charge is 0.191 e. The first-order valence-electron chi connectivity index (χ1n) is 7.40. The Balaban J connectivity index is 2.05. The summed E-state index contributed by atoms with van der Waals surface area (Å²) in [6.07, 6.45) is 0. The zero-order chi connectivity index (χ0) is 18.0. The van der Waals surface area contributed by atoms with E-state index in [4.69, 9.17) is 0 Å². The molecule has 0 fully saturated rings. The van der Waals surface area contributed by atoms with Crippen molar-refractivity contribution < 1.29 is 13.5 Å². The van der Waals surface area contributed by atoms with E-state index in [0.717, 1.165) is 15.6 Å². The van der Waals surface area contributed by atoms with E-state index in [2.05, 4.69) is 22.5 Å². The first-order chi connectivity index (χ1) is 11.9. The second-order valence-corrected chi connectivity index (χ2v) is 9.57. The molecule has 0 radical (unpaired) electrons. The molecule has 128 valence electrons. The Hall–Kier alpha value is -1.89. The molecular formula is C19H15BrO3S2. The standard InChI is InChI=1S/C19H15BrO3S2/c1-13(21)18-8-7-15(14-5-3-2-4-6-14)9-16(18)12-25(22,23)19-10-17(20)11-24-19/h2-11,21H,1,12H2. The van der Waals surface area contributed by atoms with E-state index in [9.17, 15) is 13.5 Å². The lowest BCUT2D eigenvalue weighted by Gasteiger charge is -2.11. The Kier molecular flexibility index (Phi) is 5.13. The molecule has 3 aromatic rings. The summed E-state index contributed by atoms with van der Waals surface area (Å²) in [6.45, 7) is 3.55. The van der Waals surface area contributed by atoms with Gasteiger partial charge in [-0.3, -0.25) is 0 Å². The fourth-order valence-corrected chi connectivity index (χ4v) is 5.85. The number of hydrogen-bond donors (Lipinski definition) is 1. The van der Waals surface area contributed by atoms with Crippen LogP contribution >= 0.6 is 27.3 Å². The van der Waals surface area contributed by atoms with E-state index in [1.54, 1.807) is 23.6 Å². The number of benzene rings is 2. The maximum atomic E-state index is 12.7. The third-order valence-corrected chi connectivity index (χ3v) is 7.67. The van der Waals surface area contributed by atoms with Crippen LogP contribution in [-0.4, -0.2) is 13.5 Å². The number of sulfone groups is 1. The van der Waals surface area contributed by atoms with Gasteiger partial charge < -0.3 is 5.11 Å². The Bertz CT molecular complexity index is 1020. The van der Waals surface area contributed by atoms with Gasteiger partial charge in [-0.05, 0) is 44.8 Å². The molecule has 0 unspecified atom stereocenters. The van der Waals surface area contributed by atoms with Crippen LogP contribution in [0.5, 0.6) is 0 Å². The summed E-state index contributed by atoms with van der Waals surface area (Å²) >= 11 is 4.45. The molecule has 0 bridgehead atoms. The molecule has 0 saturated carbocycles. The van der Waals surface area contributed by atoms with Gasteiger partial charge >= 0.3 is 0 Å². The van der Waals surface area contributed by atoms with Gasteiger partial charge in [0.1, 0.15) is 9.97 Å². The zero-order valence-electron chi connectivity index (χ0n) is 13.1. The lowest BCUT2D eigenvalue weighted by atomic mass is 9.99. The maximum Gasteiger partial charge on any atom is 0.191 e. The van der Waals surface area contributed by atoms with Gasteiger partial charge in [-0.25, -0.2) is 8.42 Å². The molecule has 0 aliphatic heterocycles. The van der Waals surface area contributed by atoms with Crippen molar-refractivity contribution >= 4 is 42.9 Å². The summed E-state index contributed by atoms with van der Waals surface area (Å²) in [5.74, 6) is -0.340. The lowest BCUT2D eigenvalue weighted by Crippen LogP contribution is -2.05. The van der Waals surface area contributed by atoms with Gasteiger partial charge in [0.15, 0.2) is 9.84 Å². The quantitative estimate of drug-likeness (QED) is 0.525. The van der Waals surface area contributed by atoms with Crippen LogP contribution in [0.4, 0.5) is 0 Å². The third kappa shape index (κ3) is 4.03. The molecule has 2 aromatic carbocycles. The molecular weight excluding hydrogens is 420 g/mol. The van der Waals surface area contributed by atoms with Gasteiger partial charge in [-0.1, -0.05) is 49.0 Å². The van der Waals surface area contributed by atoms with Crippen molar-refractivity contribution in [3.8, 4) is 11.1 Å². The summed E-state index contributed by atoms with van der Waals surface area (Å²) in [5, 5.41) is 11.6. The number of halogens is 1. The number of aliphatic hydroxyl groups is 1. The Morgan fingerprint density at radius 2 is 1.80 bits per heavy atom. The van der Waals surface area contributed by atoms with Crippen molar-refractivity contribution in [3.05, 3.63) is 82.2 Å². The molecule has 1 aromatic heterocycles. The normalized spacial score (nSPS) is 11.4. The van der Waals surface area contributed by atoms with Crippen molar-refractivity contribution in [1.29, 1.82) is 0 Å². The molecule has 1 heterocycles. The van der Waals surface area contributed by atoms with Crippen LogP contribution < -0.4 is 0 Å². The predicted octanol–water partition coefficient (Wildman–Crippen LogP) is 5.68. The topological polar surface area (TPSA) is 54.4 Å². The van der Waals surface area contributed by atoms with E-state index in [1.807, 2.05) is 36.4 Å². The Labute approximate surface area is 159 Å². The highest BCUT2D eigenvalue weighted by Gasteiger charge is 2.20. The molecule has 0 aliphatic rings. The average Bonchev–Trinajstić information content (AvgIpc) is 3.02. The van der Waals surface area contributed by atoms with E-state index in [-0.39, 0.29) is 11.5 Å². The largest absolute Gasteiger partial charge is 0.508 e. The molecule has 6 heteroatoms. The summed E-state index contributed by atoms with van der Waals surface area (Å²) in [6, 6.07) is 16.6. The van der Waals surface area contributed by atoms with Crippen LogP contribution in [0.25, 0.3) is 16.9 Å². The monoisotopic (exact) mass is 434 g/mol. The highest BCUT2D eigenvalue weighted by Crippen LogP contribution is 2.31. The molecule has 0 saturated heterocycles. The third-order valence-electron chi connectivity index (χ3n) is 3.72. The van der Waals surface area contributed by atoms with Crippen LogP contribution in [0.3, 0.4) is 0 Å². The molecule has 3 rings (SSSR count). The second-order valence-electron chi connectivity index (χ2n) is 5.53. The molecule has 25 heavy (non-hydrogen) atoms. The highest BCUT2D eigenvalue weighted by molar-refractivity contribution is 9.10. The molecule has 0 aliphatic carbocycles. The SMILES string of the molecule is C=C(O)c1ccc(-c2ccccc2)cc1CS(=O)(=O)c1cc(Br)cs1. The van der Waals surface area contributed by atoms with Crippen molar-refractivity contribution in [3.63, 3.8) is 0 Å². The van der Waals surface area contributed by atoms with Crippen molar-refractivity contribution in [1.82, 2.24) is 0 Å². The van der Waals surface area contributed by atoms with Gasteiger partial charge in [0.25, 0.3) is 0 Å². The van der Waals surface area contributed by atoms with Crippen molar-refractivity contribution in [2.24, 2.45) is 0 Å². The number of aliphatic hydroxyl groups excluding tert-OH is 1. The van der Waals surface area contributed by atoms with Gasteiger partial charge in [-0.15, -0.1) is 11.3 Å². The first-order valence-corrected chi connectivity index (χ1v) is 10.7. The summed E-state index contributed by atoms with van der Waals surface area (Å²) in [7, 11) is -3.51. The average molecular weight is 435 g/mol. The van der Waals surface area contributed by atoms with E-state index >= 15 is 0 Å². The highest BCUT2D eigenvalue weighted by atomic mass is 79.9. The maximum absolute atomic E-state index is 12.7. The molecule has 0 amide bonds. The first kappa shape index (κ1) is 17.9. The second kappa shape index (κ2) is 7.15. The molecule has 0 spiro atoms. The van der Waals surface area contributed by atoms with E-state index in [1.165, 1.54) is 11.3 Å². The summed E-state index contributed by atoms with van der Waals surface area (Å²) in [4.78, 5) is 0. The minimum absolute atomic E-state index is 0.142. The molecule has 0 atom stereocenters. The predicted molar refractivity (Wildman–Crippen MR) is 106 cm³/mol. The lowest BCUT2D eigenvalue weighted by molar-refractivity contribution is 0.513. The van der Waals surface area contributed by atoms with Crippen LogP contribution in [0, 0.1) is 0 Å². The Morgan fingerprint density at radius 1 is 1.08 bits per heavy atom. The fraction of sp³-hybridized carbons (Fsp3) is 0.0526. The summed E-state index contributed by atoms with van der Waals surface area (Å²) in [5.41, 5.74) is 2.84. The summed E-state index contributed by atoms with van der Waals surface area (Å²) < 4.78 is 26.5. The number of rotatable bonds is 5. The van der Waals surface area contributed by atoms with Gasteiger partial charge in [0.05, 0.1) is 5.75 Å². The van der Waals surface area contributed by atoms with Crippen molar-refractivity contribution in [2.45, 2.75) is 9.96 Å². The molecule has 3 nitrogen and oxygen atoms in total. The van der Waals surface area contributed by atoms with Gasteiger partial charge in [0.2, 0.25) is 0 Å². The minimum Gasteiger partial charge on any atom is -0.508 e. The van der Waals surface area contributed by atoms with Gasteiger partial charge in [-0.2, -0.15) is 0 Å². The number of hydrogen-bond acceptors (Lipinski definition) is 4. The van der Waals surface area contributed by atoms with E-state index in [0.29, 0.717) is 15.3 Å². The van der Waals surface area contributed by atoms with E-state index < -0.39 is 9.84 Å². The minimum atomic E-state index is -3.51. The van der Waals surface area contributed by atoms with Crippen molar-refractivity contribution in [2.75, 3.05) is 0 Å². The fourth-order valence-electron chi connectivity index (χ4n) is 2.54.